The Kier molecular flexibility index (Phi) is 6.67. The van der Waals surface area contributed by atoms with E-state index in [1.54, 1.807) is 11.0 Å². The molecule has 3 aliphatic heterocycles. The van der Waals surface area contributed by atoms with Gasteiger partial charge >= 0.3 is 5.97 Å². The van der Waals surface area contributed by atoms with E-state index < -0.39 is 35.6 Å². The van der Waals surface area contributed by atoms with Gasteiger partial charge < -0.3 is 24.4 Å². The van der Waals surface area contributed by atoms with Crippen LogP contribution in [0, 0.1) is 11.8 Å². The van der Waals surface area contributed by atoms with Gasteiger partial charge in [0.15, 0.2) is 0 Å². The van der Waals surface area contributed by atoms with Gasteiger partial charge in [-0.3, -0.25) is 14.4 Å². The third kappa shape index (κ3) is 3.46. The van der Waals surface area contributed by atoms with Crippen LogP contribution in [0.3, 0.4) is 0 Å². The molecule has 3 fully saturated rings. The van der Waals surface area contributed by atoms with E-state index in [-0.39, 0.29) is 37.6 Å². The molecule has 1 N–H and O–H groups in total. The predicted octanol–water partition coefficient (Wildman–Crippen LogP) is 0.896. The average Bonchev–Trinajstić information content (AvgIpc) is 3.35. The van der Waals surface area contributed by atoms with Gasteiger partial charge in [-0.1, -0.05) is 18.7 Å². The molecule has 166 valence electrons. The Balaban J connectivity index is 1.99. The van der Waals surface area contributed by atoms with Gasteiger partial charge in [0.1, 0.15) is 18.2 Å². The van der Waals surface area contributed by atoms with Gasteiger partial charge in [-0.05, 0) is 33.1 Å². The van der Waals surface area contributed by atoms with Crippen LogP contribution in [0.1, 0.15) is 33.1 Å². The lowest BCUT2D eigenvalue weighted by molar-refractivity contribution is -0.154. The molecular weight excluding hydrogens is 388 g/mol. The summed E-state index contributed by atoms with van der Waals surface area (Å²) in [4.78, 5) is 43.1. The van der Waals surface area contributed by atoms with Gasteiger partial charge in [0, 0.05) is 25.7 Å². The highest BCUT2D eigenvalue weighted by molar-refractivity contribution is 5.98. The lowest BCUT2D eigenvalue weighted by Crippen LogP contribution is -2.57. The first-order valence-corrected chi connectivity index (χ1v) is 10.6. The first-order chi connectivity index (χ1) is 14.3. The number of aliphatic hydroxyl groups is 1. The van der Waals surface area contributed by atoms with Gasteiger partial charge in [-0.25, -0.2) is 0 Å². The number of ether oxygens (including phenoxy) is 2. The minimum absolute atomic E-state index is 0.0625. The zero-order valence-corrected chi connectivity index (χ0v) is 17.8. The number of nitrogens with zero attached hydrogens (tertiary/aromatic N) is 2. The van der Waals surface area contributed by atoms with Gasteiger partial charge in [0.25, 0.3) is 0 Å². The molecular formula is C22H32N2O6. The van der Waals surface area contributed by atoms with E-state index in [4.69, 9.17) is 9.47 Å². The van der Waals surface area contributed by atoms with Crippen molar-refractivity contribution in [2.24, 2.45) is 11.8 Å². The van der Waals surface area contributed by atoms with E-state index >= 15 is 0 Å². The van der Waals surface area contributed by atoms with Crippen molar-refractivity contribution in [2.75, 3.05) is 26.3 Å². The topological polar surface area (TPSA) is 96.4 Å². The van der Waals surface area contributed by atoms with Crippen molar-refractivity contribution in [3.05, 3.63) is 25.3 Å². The van der Waals surface area contributed by atoms with Crippen molar-refractivity contribution in [3.8, 4) is 0 Å². The third-order valence-corrected chi connectivity index (χ3v) is 6.44. The lowest BCUT2D eigenvalue weighted by Gasteiger charge is -2.38. The molecule has 2 bridgehead atoms. The monoisotopic (exact) mass is 420 g/mol. The number of fused-ring (bicyclic) bond motifs is 1. The van der Waals surface area contributed by atoms with Crippen LogP contribution in [-0.2, 0) is 23.9 Å². The molecule has 0 aromatic carbocycles. The summed E-state index contributed by atoms with van der Waals surface area (Å²) < 4.78 is 11.6. The number of carbonyl (C=O) groups is 3. The quantitative estimate of drug-likeness (QED) is 0.417. The van der Waals surface area contributed by atoms with Gasteiger partial charge in [-0.15, -0.1) is 6.58 Å². The second kappa shape index (κ2) is 8.89. The lowest BCUT2D eigenvalue weighted by atomic mass is 9.70. The first-order valence-electron chi connectivity index (χ1n) is 10.6. The predicted molar refractivity (Wildman–Crippen MR) is 109 cm³/mol. The van der Waals surface area contributed by atoms with Crippen molar-refractivity contribution in [2.45, 2.75) is 56.9 Å². The molecule has 8 nitrogen and oxygen atoms in total. The van der Waals surface area contributed by atoms with Crippen molar-refractivity contribution in [3.63, 3.8) is 0 Å². The second-order valence-electron chi connectivity index (χ2n) is 8.46. The maximum absolute atomic E-state index is 13.7. The molecule has 1 spiro atoms. The molecule has 30 heavy (non-hydrogen) atoms. The molecule has 0 aromatic rings. The summed E-state index contributed by atoms with van der Waals surface area (Å²) in [6.45, 7) is 11.7. The molecule has 5 atom stereocenters. The van der Waals surface area contributed by atoms with Crippen molar-refractivity contribution < 1.29 is 29.0 Å². The fourth-order valence-corrected chi connectivity index (χ4v) is 5.27. The maximum atomic E-state index is 13.7. The molecule has 3 saturated heterocycles. The number of carbonyl (C=O) groups excluding carboxylic acids is 3. The summed E-state index contributed by atoms with van der Waals surface area (Å²) in [7, 11) is 0. The Labute approximate surface area is 177 Å². The molecule has 0 aromatic heterocycles. The number of aliphatic hydroxyl groups excluding tert-OH is 1. The van der Waals surface area contributed by atoms with Crippen LogP contribution < -0.4 is 0 Å². The summed E-state index contributed by atoms with van der Waals surface area (Å²) in [6, 6.07) is -0.918. The largest absolute Gasteiger partial charge is 0.461 e. The molecule has 0 aliphatic carbocycles. The molecule has 0 saturated carbocycles. The van der Waals surface area contributed by atoms with E-state index in [0.29, 0.717) is 25.8 Å². The minimum atomic E-state index is -1.04. The Morgan fingerprint density at radius 1 is 1.40 bits per heavy atom. The summed E-state index contributed by atoms with van der Waals surface area (Å²) in [5.41, 5.74) is -1.04. The fourth-order valence-electron chi connectivity index (χ4n) is 5.27. The van der Waals surface area contributed by atoms with E-state index in [2.05, 4.69) is 13.2 Å². The van der Waals surface area contributed by atoms with E-state index in [0.717, 1.165) is 0 Å². The third-order valence-electron chi connectivity index (χ3n) is 6.44. The van der Waals surface area contributed by atoms with Gasteiger partial charge in [0.05, 0.1) is 17.9 Å². The van der Waals surface area contributed by atoms with Crippen LogP contribution in [0.25, 0.3) is 0 Å². The second-order valence-corrected chi connectivity index (χ2v) is 8.46. The molecule has 0 radical (unpaired) electrons. The van der Waals surface area contributed by atoms with E-state index in [9.17, 15) is 19.5 Å². The number of rotatable bonds is 10. The number of hydrogen-bond acceptors (Lipinski definition) is 6. The zero-order valence-electron chi connectivity index (χ0n) is 17.8. The molecule has 2 amide bonds. The summed E-state index contributed by atoms with van der Waals surface area (Å²) in [5, 5.41) is 9.33. The van der Waals surface area contributed by atoms with Crippen LogP contribution >= 0.6 is 0 Å². The van der Waals surface area contributed by atoms with Crippen LogP contribution in [0.2, 0.25) is 0 Å². The number of amides is 2. The maximum Gasteiger partial charge on any atom is 0.312 e. The average molecular weight is 421 g/mol. The van der Waals surface area contributed by atoms with Crippen LogP contribution in [0.5, 0.6) is 0 Å². The number of likely N-dealkylation sites (tertiary alicyclic amines) is 1. The highest BCUT2D eigenvalue weighted by Crippen LogP contribution is 2.58. The molecule has 3 heterocycles. The SMILES string of the molecule is C=CCOC(=O)[C@@H]1[C@H]2C(=O)N(CCCO)C(C(=O)N(CC=C)C(C)C)C23CC[C@H]1O3. The minimum Gasteiger partial charge on any atom is -0.461 e. The normalized spacial score (nSPS) is 31.7. The Morgan fingerprint density at radius 2 is 2.13 bits per heavy atom. The fraction of sp³-hybridized carbons (Fsp3) is 0.682. The van der Waals surface area contributed by atoms with E-state index in [1.165, 1.54) is 11.0 Å². The number of hydrogen-bond donors (Lipinski definition) is 1. The standard InChI is InChI=1S/C22H32N2O6/c1-5-10-23(14(3)4)20(27)18-22-9-8-15(30-22)16(21(28)29-13-6-2)17(22)19(26)24(18)11-7-12-25/h5-6,14-18,25H,1-2,7-13H2,3-4H3/t15-,16+,17+,18?,22?/m1/s1. The van der Waals surface area contributed by atoms with Crippen molar-refractivity contribution in [1.82, 2.24) is 9.80 Å². The summed E-state index contributed by atoms with van der Waals surface area (Å²) in [5.74, 6) is -2.44. The Bertz CT molecular complexity index is 722. The van der Waals surface area contributed by atoms with Gasteiger partial charge in [0.2, 0.25) is 11.8 Å². The first kappa shape index (κ1) is 22.5. The molecule has 3 aliphatic rings. The van der Waals surface area contributed by atoms with Crippen molar-refractivity contribution >= 4 is 17.8 Å². The summed E-state index contributed by atoms with van der Waals surface area (Å²) >= 11 is 0. The highest BCUT2D eigenvalue weighted by Gasteiger charge is 2.75. The Hall–Kier alpha value is -2.19. The smallest absolute Gasteiger partial charge is 0.312 e. The van der Waals surface area contributed by atoms with Crippen molar-refractivity contribution in [1.29, 1.82) is 0 Å². The van der Waals surface area contributed by atoms with Crippen LogP contribution in [0.4, 0.5) is 0 Å². The van der Waals surface area contributed by atoms with Crippen LogP contribution in [-0.4, -0.2) is 82.8 Å². The van der Waals surface area contributed by atoms with Gasteiger partial charge in [-0.2, -0.15) is 0 Å². The molecule has 2 unspecified atom stereocenters. The van der Waals surface area contributed by atoms with Crippen LogP contribution in [0.15, 0.2) is 25.3 Å². The van der Waals surface area contributed by atoms with E-state index in [1.807, 2.05) is 13.8 Å². The molecule has 3 rings (SSSR count). The molecule has 8 heteroatoms. The number of esters is 1. The summed E-state index contributed by atoms with van der Waals surface area (Å²) in [6.07, 6.45) is 4.18. The Morgan fingerprint density at radius 3 is 2.73 bits per heavy atom. The zero-order chi connectivity index (χ0) is 22.1. The highest BCUT2D eigenvalue weighted by atomic mass is 16.6.